The molecule has 1 N–H and O–H groups in total. The van der Waals surface area contributed by atoms with Gasteiger partial charge in [-0.3, -0.25) is 0 Å². The van der Waals surface area contributed by atoms with Crippen molar-refractivity contribution in [3.05, 3.63) is 48.0 Å². The van der Waals surface area contributed by atoms with Crippen LogP contribution in [0, 0.1) is 0 Å². The van der Waals surface area contributed by atoms with E-state index < -0.39 is 0 Å². The van der Waals surface area contributed by atoms with Crippen molar-refractivity contribution in [3.63, 3.8) is 0 Å². The number of rotatable bonds is 6. The predicted molar refractivity (Wildman–Crippen MR) is 76.4 cm³/mol. The van der Waals surface area contributed by atoms with Gasteiger partial charge in [0.05, 0.1) is 7.11 Å². The van der Waals surface area contributed by atoms with Crippen LogP contribution in [0.25, 0.3) is 0 Å². The molecule has 1 heterocycles. The van der Waals surface area contributed by atoms with Crippen molar-refractivity contribution in [3.8, 4) is 5.75 Å². The van der Waals surface area contributed by atoms with Gasteiger partial charge in [0, 0.05) is 31.4 Å². The first-order chi connectivity index (χ1) is 9.28. The zero-order valence-corrected chi connectivity index (χ0v) is 11.8. The van der Waals surface area contributed by atoms with Gasteiger partial charge in [-0.25, -0.2) is 4.98 Å². The van der Waals surface area contributed by atoms with E-state index in [1.54, 1.807) is 7.11 Å². The Morgan fingerprint density at radius 1 is 1.32 bits per heavy atom. The van der Waals surface area contributed by atoms with Crippen molar-refractivity contribution >= 4 is 0 Å². The fourth-order valence-electron chi connectivity index (χ4n) is 2.22. The van der Waals surface area contributed by atoms with Crippen LogP contribution in [0.1, 0.15) is 24.4 Å². The molecule has 1 unspecified atom stereocenters. The average Bonchev–Trinajstić information content (AvgIpc) is 2.92. The Morgan fingerprint density at radius 3 is 2.63 bits per heavy atom. The third kappa shape index (κ3) is 3.15. The summed E-state index contributed by atoms with van der Waals surface area (Å²) in [6, 6.07) is 8.46. The van der Waals surface area contributed by atoms with Gasteiger partial charge >= 0.3 is 0 Å². The van der Waals surface area contributed by atoms with Gasteiger partial charge in [0.25, 0.3) is 0 Å². The molecule has 102 valence electrons. The number of imidazole rings is 1. The Hall–Kier alpha value is -1.81. The number of nitrogens with zero attached hydrogens (tertiary/aromatic N) is 2. The summed E-state index contributed by atoms with van der Waals surface area (Å²) in [4.78, 5) is 4.36. The maximum Gasteiger partial charge on any atom is 0.118 e. The van der Waals surface area contributed by atoms with Crippen LogP contribution in [-0.4, -0.2) is 23.7 Å². The van der Waals surface area contributed by atoms with Gasteiger partial charge < -0.3 is 14.6 Å². The predicted octanol–water partition coefficient (Wildman–Crippen LogP) is 2.41. The van der Waals surface area contributed by atoms with E-state index >= 15 is 0 Å². The molecule has 1 atom stereocenters. The Balaban J connectivity index is 2.15. The molecule has 0 bridgehead atoms. The van der Waals surface area contributed by atoms with Crippen molar-refractivity contribution in [2.45, 2.75) is 25.9 Å². The van der Waals surface area contributed by atoms with Gasteiger partial charge in [-0.1, -0.05) is 19.1 Å². The first kappa shape index (κ1) is 13.6. The number of methoxy groups -OCH3 is 1. The molecule has 2 rings (SSSR count). The van der Waals surface area contributed by atoms with E-state index in [2.05, 4.69) is 33.9 Å². The summed E-state index contributed by atoms with van der Waals surface area (Å²) in [5.41, 5.74) is 1.25. The zero-order valence-electron chi connectivity index (χ0n) is 11.8. The molecule has 4 nitrogen and oxygen atoms in total. The molecular formula is C15H21N3O. The van der Waals surface area contributed by atoms with E-state index in [1.807, 2.05) is 31.6 Å². The highest BCUT2D eigenvalue weighted by atomic mass is 16.5. The molecule has 0 aliphatic rings. The zero-order chi connectivity index (χ0) is 13.7. The molecule has 0 radical (unpaired) electrons. The van der Waals surface area contributed by atoms with Gasteiger partial charge in [0.1, 0.15) is 11.6 Å². The average molecular weight is 259 g/mol. The molecule has 1 aromatic carbocycles. The Kier molecular flexibility index (Phi) is 4.58. The van der Waals surface area contributed by atoms with E-state index in [0.717, 1.165) is 24.5 Å². The maximum absolute atomic E-state index is 5.19. The summed E-state index contributed by atoms with van der Waals surface area (Å²) in [6.45, 7) is 3.01. The minimum Gasteiger partial charge on any atom is -0.497 e. The molecule has 0 fully saturated rings. The number of nitrogens with one attached hydrogen (secondary N) is 1. The van der Waals surface area contributed by atoms with Crippen LogP contribution in [0.5, 0.6) is 5.75 Å². The van der Waals surface area contributed by atoms with E-state index in [9.17, 15) is 0 Å². The number of aromatic nitrogens is 2. The smallest absolute Gasteiger partial charge is 0.118 e. The van der Waals surface area contributed by atoms with E-state index in [-0.39, 0.29) is 6.04 Å². The van der Waals surface area contributed by atoms with Crippen LogP contribution >= 0.6 is 0 Å². The molecule has 0 spiro atoms. The van der Waals surface area contributed by atoms with Crippen LogP contribution in [0.15, 0.2) is 36.7 Å². The van der Waals surface area contributed by atoms with Crippen molar-refractivity contribution < 1.29 is 4.74 Å². The van der Waals surface area contributed by atoms with E-state index in [0.29, 0.717) is 0 Å². The lowest BCUT2D eigenvalue weighted by Gasteiger charge is -2.19. The second-order valence-corrected chi connectivity index (χ2v) is 4.46. The van der Waals surface area contributed by atoms with Crippen LogP contribution in [0.3, 0.4) is 0 Å². The van der Waals surface area contributed by atoms with Crippen LogP contribution in [-0.2, 0) is 13.0 Å². The summed E-state index contributed by atoms with van der Waals surface area (Å²) < 4.78 is 7.39. The molecule has 0 aliphatic heterocycles. The summed E-state index contributed by atoms with van der Waals surface area (Å²) in [5, 5.41) is 3.36. The second-order valence-electron chi connectivity index (χ2n) is 4.46. The van der Waals surface area contributed by atoms with Crippen molar-refractivity contribution in [2.24, 2.45) is 0 Å². The molecule has 1 aromatic heterocycles. The quantitative estimate of drug-likeness (QED) is 0.866. The highest BCUT2D eigenvalue weighted by Gasteiger charge is 2.11. The minimum absolute atomic E-state index is 0.269. The van der Waals surface area contributed by atoms with Gasteiger partial charge in [-0.05, 0) is 24.7 Å². The van der Waals surface area contributed by atoms with Crippen molar-refractivity contribution in [1.82, 2.24) is 14.9 Å². The summed E-state index contributed by atoms with van der Waals surface area (Å²) in [5.74, 6) is 2.00. The Morgan fingerprint density at radius 2 is 2.05 bits per heavy atom. The van der Waals surface area contributed by atoms with Gasteiger partial charge in [0.2, 0.25) is 0 Å². The standard InChI is InChI=1S/C15H21N3O/c1-4-15-17-9-10-18(15)11-14(16-2)12-5-7-13(19-3)8-6-12/h5-10,14,16H,4,11H2,1-3H3. The van der Waals surface area contributed by atoms with Crippen LogP contribution in [0.4, 0.5) is 0 Å². The van der Waals surface area contributed by atoms with Crippen molar-refractivity contribution in [2.75, 3.05) is 14.2 Å². The molecule has 0 saturated heterocycles. The highest BCUT2D eigenvalue weighted by molar-refractivity contribution is 5.29. The van der Waals surface area contributed by atoms with Crippen molar-refractivity contribution in [1.29, 1.82) is 0 Å². The molecular weight excluding hydrogens is 238 g/mol. The first-order valence-electron chi connectivity index (χ1n) is 6.59. The minimum atomic E-state index is 0.269. The molecule has 0 saturated carbocycles. The number of aryl methyl sites for hydroxylation is 1. The lowest BCUT2D eigenvalue weighted by Crippen LogP contribution is -2.22. The summed E-state index contributed by atoms with van der Waals surface area (Å²) in [6.07, 6.45) is 4.85. The molecule has 0 amide bonds. The molecule has 2 aromatic rings. The topological polar surface area (TPSA) is 39.1 Å². The number of hydrogen-bond acceptors (Lipinski definition) is 3. The number of hydrogen-bond donors (Lipinski definition) is 1. The maximum atomic E-state index is 5.19. The largest absolute Gasteiger partial charge is 0.497 e. The summed E-state index contributed by atoms with van der Waals surface area (Å²) >= 11 is 0. The van der Waals surface area contributed by atoms with Gasteiger partial charge in [0.15, 0.2) is 0 Å². The highest BCUT2D eigenvalue weighted by Crippen LogP contribution is 2.19. The molecule has 0 aliphatic carbocycles. The third-order valence-electron chi connectivity index (χ3n) is 3.36. The number of likely N-dealkylation sites (N-methyl/N-ethyl adjacent to an activating group) is 1. The lowest BCUT2D eigenvalue weighted by atomic mass is 10.1. The Bertz CT molecular complexity index is 504. The second kappa shape index (κ2) is 6.38. The fraction of sp³-hybridized carbons (Fsp3) is 0.400. The van der Waals surface area contributed by atoms with Gasteiger partial charge in [-0.15, -0.1) is 0 Å². The van der Waals surface area contributed by atoms with Crippen LogP contribution < -0.4 is 10.1 Å². The van der Waals surface area contributed by atoms with E-state index in [1.165, 1.54) is 5.56 Å². The number of ether oxygens (including phenoxy) is 1. The normalized spacial score (nSPS) is 12.4. The first-order valence-corrected chi connectivity index (χ1v) is 6.59. The van der Waals surface area contributed by atoms with Gasteiger partial charge in [-0.2, -0.15) is 0 Å². The summed E-state index contributed by atoms with van der Waals surface area (Å²) in [7, 11) is 3.67. The number of benzene rings is 1. The van der Waals surface area contributed by atoms with E-state index in [4.69, 9.17) is 4.74 Å². The SMILES string of the molecule is CCc1nccn1CC(NC)c1ccc(OC)cc1. The molecule has 4 heteroatoms. The fourth-order valence-corrected chi connectivity index (χ4v) is 2.22. The van der Waals surface area contributed by atoms with Crippen LogP contribution in [0.2, 0.25) is 0 Å². The lowest BCUT2D eigenvalue weighted by molar-refractivity contribution is 0.414. The molecule has 19 heavy (non-hydrogen) atoms. The Labute approximate surface area is 114 Å². The monoisotopic (exact) mass is 259 g/mol. The third-order valence-corrected chi connectivity index (χ3v) is 3.36.